The lowest BCUT2D eigenvalue weighted by molar-refractivity contribution is -0.132. The molecule has 1 fully saturated rings. The molecule has 0 atom stereocenters. The van der Waals surface area contributed by atoms with E-state index in [1.165, 1.54) is 5.69 Å². The Hall–Kier alpha value is -2.37. The van der Waals surface area contributed by atoms with Gasteiger partial charge in [-0.15, -0.1) is 5.10 Å². The molecular weight excluding hydrogens is 266 g/mol. The summed E-state index contributed by atoms with van der Waals surface area (Å²) in [7, 11) is 0. The van der Waals surface area contributed by atoms with Gasteiger partial charge in [0.25, 0.3) is 0 Å². The Bertz CT molecular complexity index is 602. The number of aromatic nitrogens is 3. The highest BCUT2D eigenvalue weighted by Crippen LogP contribution is 2.15. The molecule has 0 spiro atoms. The Kier molecular flexibility index (Phi) is 3.85. The third-order valence-corrected chi connectivity index (χ3v) is 3.85. The molecule has 2 heterocycles. The zero-order chi connectivity index (χ0) is 14.7. The van der Waals surface area contributed by atoms with Crippen LogP contribution in [0.4, 0.5) is 5.69 Å². The van der Waals surface area contributed by atoms with Crippen LogP contribution in [0, 0.1) is 6.92 Å². The second-order valence-corrected chi connectivity index (χ2v) is 5.24. The van der Waals surface area contributed by atoms with Crippen molar-refractivity contribution in [1.29, 1.82) is 0 Å². The van der Waals surface area contributed by atoms with Gasteiger partial charge in [-0.1, -0.05) is 23.4 Å². The number of aryl methyl sites for hydroxylation is 1. The van der Waals surface area contributed by atoms with Crippen LogP contribution in [-0.2, 0) is 11.3 Å². The van der Waals surface area contributed by atoms with Crippen molar-refractivity contribution in [3.8, 4) is 0 Å². The molecule has 2 aromatic rings. The van der Waals surface area contributed by atoms with E-state index in [1.54, 1.807) is 10.9 Å². The summed E-state index contributed by atoms with van der Waals surface area (Å²) in [6.07, 6.45) is 1.67. The monoisotopic (exact) mass is 285 g/mol. The summed E-state index contributed by atoms with van der Waals surface area (Å²) < 4.78 is 1.64. The fraction of sp³-hybridized carbons (Fsp3) is 0.400. The molecule has 3 rings (SSSR count). The summed E-state index contributed by atoms with van der Waals surface area (Å²) in [5, 5.41) is 7.73. The molecule has 110 valence electrons. The third-order valence-electron chi connectivity index (χ3n) is 3.85. The molecule has 1 amide bonds. The van der Waals surface area contributed by atoms with E-state index in [9.17, 15) is 4.79 Å². The number of hydrogen-bond acceptors (Lipinski definition) is 4. The van der Waals surface area contributed by atoms with Crippen molar-refractivity contribution in [2.75, 3.05) is 31.1 Å². The highest BCUT2D eigenvalue weighted by atomic mass is 16.2. The van der Waals surface area contributed by atoms with Gasteiger partial charge in [0.1, 0.15) is 6.54 Å². The van der Waals surface area contributed by atoms with Gasteiger partial charge < -0.3 is 9.80 Å². The van der Waals surface area contributed by atoms with Gasteiger partial charge in [0.2, 0.25) is 5.91 Å². The van der Waals surface area contributed by atoms with E-state index < -0.39 is 0 Å². The van der Waals surface area contributed by atoms with E-state index in [2.05, 4.69) is 27.3 Å². The molecule has 1 saturated heterocycles. The molecule has 0 radical (unpaired) electrons. The highest BCUT2D eigenvalue weighted by Gasteiger charge is 2.21. The van der Waals surface area contributed by atoms with Crippen molar-refractivity contribution in [2.45, 2.75) is 13.5 Å². The number of amides is 1. The van der Waals surface area contributed by atoms with Crippen LogP contribution >= 0.6 is 0 Å². The van der Waals surface area contributed by atoms with E-state index in [0.717, 1.165) is 31.9 Å². The summed E-state index contributed by atoms with van der Waals surface area (Å²) in [4.78, 5) is 16.5. The number of para-hydroxylation sites is 1. The van der Waals surface area contributed by atoms with Gasteiger partial charge in [-0.2, -0.15) is 0 Å². The normalized spacial score (nSPS) is 15.3. The molecule has 1 aromatic carbocycles. The Morgan fingerprint density at radius 1 is 1.14 bits per heavy atom. The van der Waals surface area contributed by atoms with Crippen LogP contribution in [0.15, 0.2) is 36.5 Å². The van der Waals surface area contributed by atoms with Gasteiger partial charge in [-0.05, 0) is 19.1 Å². The zero-order valence-electron chi connectivity index (χ0n) is 12.1. The minimum absolute atomic E-state index is 0.108. The van der Waals surface area contributed by atoms with Crippen molar-refractivity contribution < 1.29 is 4.79 Å². The molecule has 6 nitrogen and oxygen atoms in total. The van der Waals surface area contributed by atoms with E-state index >= 15 is 0 Å². The minimum atomic E-state index is 0.108. The number of carbonyl (C=O) groups excluding carboxylic acids is 1. The summed E-state index contributed by atoms with van der Waals surface area (Å²) in [5.74, 6) is 0.108. The zero-order valence-corrected chi connectivity index (χ0v) is 12.1. The predicted octanol–water partition coefficient (Wildman–Crippen LogP) is 0.935. The van der Waals surface area contributed by atoms with Gasteiger partial charge in [-0.25, -0.2) is 4.68 Å². The first-order valence-electron chi connectivity index (χ1n) is 7.17. The average molecular weight is 285 g/mol. The Morgan fingerprint density at radius 2 is 1.86 bits per heavy atom. The molecule has 0 N–H and O–H groups in total. The Balaban J connectivity index is 1.56. The number of benzene rings is 1. The van der Waals surface area contributed by atoms with E-state index in [1.807, 2.05) is 30.0 Å². The molecule has 21 heavy (non-hydrogen) atoms. The van der Waals surface area contributed by atoms with Gasteiger partial charge in [0.05, 0.1) is 11.9 Å². The standard InChI is InChI=1S/C15H19N5O/c1-13-11-16-17-20(13)12-15(21)19-9-7-18(8-10-19)14-5-3-2-4-6-14/h2-6,11H,7-10,12H2,1H3. The summed E-state index contributed by atoms with van der Waals surface area (Å²) >= 11 is 0. The van der Waals surface area contributed by atoms with Crippen LogP contribution in [0.3, 0.4) is 0 Å². The first-order valence-corrected chi connectivity index (χ1v) is 7.17. The van der Waals surface area contributed by atoms with Crippen molar-refractivity contribution in [3.05, 3.63) is 42.2 Å². The van der Waals surface area contributed by atoms with Crippen LogP contribution in [0.1, 0.15) is 5.69 Å². The van der Waals surface area contributed by atoms with E-state index in [-0.39, 0.29) is 12.5 Å². The second-order valence-electron chi connectivity index (χ2n) is 5.24. The smallest absolute Gasteiger partial charge is 0.244 e. The lowest BCUT2D eigenvalue weighted by atomic mass is 10.2. The van der Waals surface area contributed by atoms with Gasteiger partial charge >= 0.3 is 0 Å². The molecular formula is C15H19N5O. The highest BCUT2D eigenvalue weighted by molar-refractivity contribution is 5.76. The Labute approximate surface area is 124 Å². The first-order chi connectivity index (χ1) is 10.2. The maximum atomic E-state index is 12.3. The van der Waals surface area contributed by atoms with E-state index in [0.29, 0.717) is 0 Å². The van der Waals surface area contributed by atoms with Crippen molar-refractivity contribution in [3.63, 3.8) is 0 Å². The third kappa shape index (κ3) is 3.04. The fourth-order valence-electron chi connectivity index (χ4n) is 2.55. The summed E-state index contributed by atoms with van der Waals surface area (Å²) in [6, 6.07) is 10.3. The largest absolute Gasteiger partial charge is 0.368 e. The van der Waals surface area contributed by atoms with Crippen LogP contribution in [0.2, 0.25) is 0 Å². The molecule has 1 aliphatic rings. The second kappa shape index (κ2) is 5.95. The van der Waals surface area contributed by atoms with Crippen LogP contribution < -0.4 is 4.90 Å². The quantitative estimate of drug-likeness (QED) is 0.842. The number of piperazine rings is 1. The number of anilines is 1. The summed E-state index contributed by atoms with van der Waals surface area (Å²) in [5.41, 5.74) is 2.13. The molecule has 0 unspecified atom stereocenters. The molecule has 0 saturated carbocycles. The maximum absolute atomic E-state index is 12.3. The van der Waals surface area contributed by atoms with Crippen LogP contribution in [-0.4, -0.2) is 52.0 Å². The van der Waals surface area contributed by atoms with Crippen molar-refractivity contribution >= 4 is 11.6 Å². The predicted molar refractivity (Wildman–Crippen MR) is 80.0 cm³/mol. The average Bonchev–Trinajstić information content (AvgIpc) is 2.93. The SMILES string of the molecule is Cc1cnnn1CC(=O)N1CCN(c2ccccc2)CC1. The van der Waals surface area contributed by atoms with Crippen molar-refractivity contribution in [1.82, 2.24) is 19.9 Å². The van der Waals surface area contributed by atoms with Gasteiger partial charge in [0, 0.05) is 31.9 Å². The van der Waals surface area contributed by atoms with Crippen molar-refractivity contribution in [2.24, 2.45) is 0 Å². The molecule has 6 heteroatoms. The van der Waals surface area contributed by atoms with Gasteiger partial charge in [-0.3, -0.25) is 4.79 Å². The number of hydrogen-bond donors (Lipinski definition) is 0. The van der Waals surface area contributed by atoms with Crippen LogP contribution in [0.5, 0.6) is 0 Å². The maximum Gasteiger partial charge on any atom is 0.244 e. The molecule has 0 bridgehead atoms. The lowest BCUT2D eigenvalue weighted by Crippen LogP contribution is -2.49. The number of nitrogens with zero attached hydrogens (tertiary/aromatic N) is 5. The van der Waals surface area contributed by atoms with E-state index in [4.69, 9.17) is 0 Å². The number of carbonyl (C=O) groups is 1. The van der Waals surface area contributed by atoms with Crippen LogP contribution in [0.25, 0.3) is 0 Å². The molecule has 1 aromatic heterocycles. The number of rotatable bonds is 3. The Morgan fingerprint density at radius 3 is 2.48 bits per heavy atom. The first kappa shape index (κ1) is 13.6. The lowest BCUT2D eigenvalue weighted by Gasteiger charge is -2.36. The minimum Gasteiger partial charge on any atom is -0.368 e. The molecule has 0 aliphatic carbocycles. The molecule has 1 aliphatic heterocycles. The fourth-order valence-corrected chi connectivity index (χ4v) is 2.55. The topological polar surface area (TPSA) is 54.3 Å². The van der Waals surface area contributed by atoms with Gasteiger partial charge in [0.15, 0.2) is 0 Å². The summed E-state index contributed by atoms with van der Waals surface area (Å²) in [6.45, 7) is 5.42.